The van der Waals surface area contributed by atoms with Crippen LogP contribution < -0.4 is 0 Å². The average Bonchev–Trinajstić information content (AvgIpc) is 2.62. The lowest BCUT2D eigenvalue weighted by Crippen LogP contribution is -2.06. The van der Waals surface area contributed by atoms with E-state index in [0.29, 0.717) is 5.88 Å². The topological polar surface area (TPSA) is 43.6 Å². The molecular formula is C7H11ClN4. The van der Waals surface area contributed by atoms with Crippen molar-refractivity contribution in [1.29, 1.82) is 0 Å². The Labute approximate surface area is 75.9 Å². The number of hydrogen-bond acceptors (Lipinski definition) is 3. The molecule has 0 bridgehead atoms. The molecule has 1 aliphatic rings. The molecule has 4 nitrogen and oxygen atoms in total. The highest BCUT2D eigenvalue weighted by Crippen LogP contribution is 2.38. The molecule has 1 heterocycles. The van der Waals surface area contributed by atoms with E-state index in [2.05, 4.69) is 22.4 Å². The maximum atomic E-state index is 5.65. The van der Waals surface area contributed by atoms with Gasteiger partial charge in [-0.3, -0.25) is 0 Å². The molecule has 2 unspecified atom stereocenters. The molecule has 1 aromatic rings. The quantitative estimate of drug-likeness (QED) is 0.664. The molecule has 0 saturated heterocycles. The van der Waals surface area contributed by atoms with Crippen molar-refractivity contribution in [3.63, 3.8) is 0 Å². The Morgan fingerprint density at radius 2 is 2.42 bits per heavy atom. The summed E-state index contributed by atoms with van der Waals surface area (Å²) in [6.45, 7) is 3.17. The molecule has 1 saturated carbocycles. The minimum Gasteiger partial charge on any atom is -0.228 e. The molecule has 1 aliphatic carbocycles. The van der Waals surface area contributed by atoms with Gasteiger partial charge in [0.1, 0.15) is 0 Å². The molecule has 0 aromatic carbocycles. The molecule has 5 heteroatoms. The molecule has 0 radical (unpaired) electrons. The highest BCUT2D eigenvalue weighted by atomic mass is 35.5. The zero-order chi connectivity index (χ0) is 8.55. The zero-order valence-electron chi connectivity index (χ0n) is 6.94. The third kappa shape index (κ3) is 1.43. The van der Waals surface area contributed by atoms with Crippen LogP contribution in [0.2, 0.25) is 0 Å². The van der Waals surface area contributed by atoms with E-state index in [-0.39, 0.29) is 0 Å². The van der Waals surface area contributed by atoms with E-state index in [0.717, 1.165) is 24.2 Å². The second kappa shape index (κ2) is 3.01. The van der Waals surface area contributed by atoms with Crippen LogP contribution in [0.3, 0.4) is 0 Å². The number of aromatic nitrogens is 4. The normalized spacial score (nSPS) is 27.5. The van der Waals surface area contributed by atoms with Gasteiger partial charge < -0.3 is 0 Å². The standard InChI is InChI=1S/C7H11ClN4/c1-5-2-6(5)4-12-7(3-8)9-10-11-12/h5-6H,2-4H2,1H3. The summed E-state index contributed by atoms with van der Waals surface area (Å²) in [7, 11) is 0. The van der Waals surface area contributed by atoms with E-state index < -0.39 is 0 Å². The highest BCUT2D eigenvalue weighted by molar-refractivity contribution is 6.16. The van der Waals surface area contributed by atoms with Gasteiger partial charge in [0.15, 0.2) is 5.82 Å². The molecule has 2 rings (SSSR count). The fraction of sp³-hybridized carbons (Fsp3) is 0.857. The van der Waals surface area contributed by atoms with Crippen LogP contribution in [-0.2, 0) is 12.4 Å². The van der Waals surface area contributed by atoms with Gasteiger partial charge in [0, 0.05) is 6.54 Å². The summed E-state index contributed by atoms with van der Waals surface area (Å²) in [5.41, 5.74) is 0. The molecule has 0 spiro atoms. The molecule has 1 fully saturated rings. The van der Waals surface area contributed by atoms with E-state index in [4.69, 9.17) is 11.6 Å². The van der Waals surface area contributed by atoms with E-state index >= 15 is 0 Å². The number of alkyl halides is 1. The predicted molar refractivity (Wildman–Crippen MR) is 44.6 cm³/mol. The van der Waals surface area contributed by atoms with Crippen LogP contribution in [0.4, 0.5) is 0 Å². The first kappa shape index (κ1) is 7.98. The maximum Gasteiger partial charge on any atom is 0.166 e. The minimum atomic E-state index is 0.397. The number of hydrogen-bond donors (Lipinski definition) is 0. The second-order valence-electron chi connectivity index (χ2n) is 3.38. The van der Waals surface area contributed by atoms with Crippen LogP contribution >= 0.6 is 11.6 Å². The van der Waals surface area contributed by atoms with Crippen LogP contribution in [0.25, 0.3) is 0 Å². The lowest BCUT2D eigenvalue weighted by atomic mass is 10.3. The Kier molecular flexibility index (Phi) is 2.00. The molecule has 0 N–H and O–H groups in total. The Hall–Kier alpha value is -0.640. The van der Waals surface area contributed by atoms with Crippen LogP contribution in [0.5, 0.6) is 0 Å². The molecule has 66 valence electrons. The first-order valence-corrected chi connectivity index (χ1v) is 4.65. The summed E-state index contributed by atoms with van der Waals surface area (Å²) in [6, 6.07) is 0. The van der Waals surface area contributed by atoms with Crippen LogP contribution in [0.1, 0.15) is 19.2 Å². The zero-order valence-corrected chi connectivity index (χ0v) is 7.70. The van der Waals surface area contributed by atoms with Crippen molar-refractivity contribution in [2.24, 2.45) is 11.8 Å². The van der Waals surface area contributed by atoms with Gasteiger partial charge >= 0.3 is 0 Å². The van der Waals surface area contributed by atoms with Crippen LogP contribution in [0.15, 0.2) is 0 Å². The Morgan fingerprint density at radius 3 is 3.00 bits per heavy atom. The number of nitrogens with zero attached hydrogens (tertiary/aromatic N) is 4. The molecular weight excluding hydrogens is 176 g/mol. The fourth-order valence-corrected chi connectivity index (χ4v) is 1.53. The smallest absolute Gasteiger partial charge is 0.166 e. The van der Waals surface area contributed by atoms with E-state index in [1.54, 1.807) is 4.68 Å². The summed E-state index contributed by atoms with van der Waals surface area (Å²) in [6.07, 6.45) is 1.29. The van der Waals surface area contributed by atoms with Gasteiger partial charge in [-0.25, -0.2) is 4.68 Å². The second-order valence-corrected chi connectivity index (χ2v) is 3.65. The summed E-state index contributed by atoms with van der Waals surface area (Å²) < 4.78 is 1.81. The number of halogens is 1. The summed E-state index contributed by atoms with van der Waals surface area (Å²) in [4.78, 5) is 0. The van der Waals surface area contributed by atoms with Gasteiger partial charge in [-0.05, 0) is 28.7 Å². The van der Waals surface area contributed by atoms with Crippen molar-refractivity contribution in [2.75, 3.05) is 0 Å². The summed E-state index contributed by atoms with van der Waals surface area (Å²) >= 11 is 5.65. The highest BCUT2D eigenvalue weighted by Gasteiger charge is 2.33. The third-order valence-electron chi connectivity index (χ3n) is 2.41. The van der Waals surface area contributed by atoms with Crippen molar-refractivity contribution in [2.45, 2.75) is 25.8 Å². The van der Waals surface area contributed by atoms with Gasteiger partial charge in [0.05, 0.1) is 5.88 Å². The Balaban J connectivity index is 2.02. The van der Waals surface area contributed by atoms with Gasteiger partial charge in [-0.2, -0.15) is 0 Å². The lowest BCUT2D eigenvalue weighted by Gasteiger charge is -1.99. The Morgan fingerprint density at radius 1 is 1.67 bits per heavy atom. The van der Waals surface area contributed by atoms with E-state index in [1.807, 2.05) is 0 Å². The Bertz CT molecular complexity index is 272. The molecule has 0 aliphatic heterocycles. The van der Waals surface area contributed by atoms with Gasteiger partial charge in [0.2, 0.25) is 0 Å². The number of tetrazole rings is 1. The van der Waals surface area contributed by atoms with Crippen molar-refractivity contribution < 1.29 is 0 Å². The van der Waals surface area contributed by atoms with Crippen molar-refractivity contribution >= 4 is 11.6 Å². The van der Waals surface area contributed by atoms with E-state index in [9.17, 15) is 0 Å². The first-order valence-electron chi connectivity index (χ1n) is 4.12. The fourth-order valence-electron chi connectivity index (χ4n) is 1.34. The molecule has 2 atom stereocenters. The average molecular weight is 187 g/mol. The van der Waals surface area contributed by atoms with Crippen LogP contribution in [-0.4, -0.2) is 20.2 Å². The third-order valence-corrected chi connectivity index (χ3v) is 2.65. The van der Waals surface area contributed by atoms with Crippen molar-refractivity contribution in [3.8, 4) is 0 Å². The SMILES string of the molecule is CC1CC1Cn1nnnc1CCl. The predicted octanol–water partition coefficient (Wildman–Crippen LogP) is 1.07. The maximum absolute atomic E-state index is 5.65. The van der Waals surface area contributed by atoms with Gasteiger partial charge in [-0.15, -0.1) is 16.7 Å². The summed E-state index contributed by atoms with van der Waals surface area (Å²) in [5, 5.41) is 11.3. The van der Waals surface area contributed by atoms with Crippen molar-refractivity contribution in [3.05, 3.63) is 5.82 Å². The largest absolute Gasteiger partial charge is 0.228 e. The van der Waals surface area contributed by atoms with E-state index in [1.165, 1.54) is 6.42 Å². The van der Waals surface area contributed by atoms with Gasteiger partial charge in [0.25, 0.3) is 0 Å². The minimum absolute atomic E-state index is 0.397. The molecule has 0 amide bonds. The van der Waals surface area contributed by atoms with Crippen molar-refractivity contribution in [1.82, 2.24) is 20.2 Å². The lowest BCUT2D eigenvalue weighted by molar-refractivity contribution is 0.512. The molecule has 1 aromatic heterocycles. The van der Waals surface area contributed by atoms with Crippen LogP contribution in [0, 0.1) is 11.8 Å². The molecule has 12 heavy (non-hydrogen) atoms. The van der Waals surface area contributed by atoms with Gasteiger partial charge in [-0.1, -0.05) is 6.92 Å². The first-order chi connectivity index (χ1) is 5.81. The summed E-state index contributed by atoms with van der Waals surface area (Å²) in [5.74, 6) is 2.76. The monoisotopic (exact) mass is 186 g/mol. The number of rotatable bonds is 3.